The third-order valence-corrected chi connectivity index (χ3v) is 8.87. The summed E-state index contributed by atoms with van der Waals surface area (Å²) in [6.45, 7) is 9.57. The van der Waals surface area contributed by atoms with Crippen LogP contribution in [0.5, 0.6) is 5.75 Å². The zero-order valence-electron chi connectivity index (χ0n) is 21.4. The van der Waals surface area contributed by atoms with E-state index in [-0.39, 0.29) is 23.2 Å². The molecule has 0 radical (unpaired) electrons. The summed E-state index contributed by atoms with van der Waals surface area (Å²) in [5.41, 5.74) is 1.96. The molecule has 3 heteroatoms. The van der Waals surface area contributed by atoms with Crippen molar-refractivity contribution >= 4 is 5.97 Å². The molecule has 184 valence electrons. The van der Waals surface area contributed by atoms with Crippen LogP contribution in [-0.2, 0) is 4.74 Å². The largest absolute Gasteiger partial charge is 0.508 e. The fourth-order valence-corrected chi connectivity index (χ4v) is 7.20. The highest BCUT2D eigenvalue weighted by atomic mass is 16.5. The molecule has 2 aliphatic carbocycles. The van der Waals surface area contributed by atoms with Crippen LogP contribution in [0.25, 0.3) is 0 Å². The van der Waals surface area contributed by atoms with Crippen LogP contribution in [0.4, 0.5) is 0 Å². The fraction of sp³-hybridized carbons (Fsp3) is 0.581. The van der Waals surface area contributed by atoms with Crippen molar-refractivity contribution in [2.45, 2.75) is 84.7 Å². The summed E-state index contributed by atoms with van der Waals surface area (Å²) in [6.07, 6.45) is 8.20. The van der Waals surface area contributed by atoms with Crippen molar-refractivity contribution in [1.82, 2.24) is 0 Å². The second-order valence-corrected chi connectivity index (χ2v) is 11.6. The second kappa shape index (κ2) is 10.5. The molecule has 0 unspecified atom stereocenters. The molecule has 2 aromatic carbocycles. The molecular weight excluding hydrogens is 420 g/mol. The minimum absolute atomic E-state index is 0.0910. The fourth-order valence-electron chi connectivity index (χ4n) is 7.20. The van der Waals surface area contributed by atoms with Gasteiger partial charge in [0, 0.05) is 5.92 Å². The molecule has 1 N–H and O–H groups in total. The SMILES string of the molecule is CC(C)CCC[C@@H](C)[C@H]1CC[C@H]2[C@@H](OC(=O)c3cccc(O)c3)C[C@H](c3ccccc3)C[C@]12C. The molecule has 0 saturated heterocycles. The number of carbonyl (C=O) groups is 1. The molecule has 4 rings (SSSR count). The van der Waals surface area contributed by atoms with E-state index in [0.29, 0.717) is 29.2 Å². The molecule has 2 fully saturated rings. The van der Waals surface area contributed by atoms with Crippen LogP contribution < -0.4 is 0 Å². The van der Waals surface area contributed by atoms with E-state index in [9.17, 15) is 9.90 Å². The third-order valence-electron chi connectivity index (χ3n) is 8.87. The van der Waals surface area contributed by atoms with Crippen LogP contribution >= 0.6 is 0 Å². The van der Waals surface area contributed by atoms with E-state index < -0.39 is 0 Å². The van der Waals surface area contributed by atoms with E-state index >= 15 is 0 Å². The number of phenolic OH excluding ortho intramolecular Hbond substituents is 1. The molecule has 0 aliphatic heterocycles. The Morgan fingerprint density at radius 3 is 2.53 bits per heavy atom. The van der Waals surface area contributed by atoms with E-state index in [1.807, 2.05) is 0 Å². The zero-order valence-corrected chi connectivity index (χ0v) is 21.4. The molecule has 0 heterocycles. The topological polar surface area (TPSA) is 46.5 Å². The van der Waals surface area contributed by atoms with Gasteiger partial charge in [-0.2, -0.15) is 0 Å². The summed E-state index contributed by atoms with van der Waals surface area (Å²) in [5.74, 6) is 2.69. The van der Waals surface area contributed by atoms with Gasteiger partial charge in [-0.3, -0.25) is 0 Å². The average Bonchev–Trinajstić information content (AvgIpc) is 3.16. The summed E-state index contributed by atoms with van der Waals surface area (Å²) < 4.78 is 6.25. The molecule has 34 heavy (non-hydrogen) atoms. The van der Waals surface area contributed by atoms with Crippen molar-refractivity contribution in [2.75, 3.05) is 0 Å². The molecule has 2 aliphatic rings. The minimum Gasteiger partial charge on any atom is -0.508 e. The van der Waals surface area contributed by atoms with Gasteiger partial charge < -0.3 is 9.84 Å². The molecule has 3 nitrogen and oxygen atoms in total. The molecule has 2 aromatic rings. The van der Waals surface area contributed by atoms with E-state index in [4.69, 9.17) is 4.74 Å². The maximum absolute atomic E-state index is 13.1. The van der Waals surface area contributed by atoms with Crippen LogP contribution in [0.15, 0.2) is 54.6 Å². The first-order valence-electron chi connectivity index (χ1n) is 13.3. The quantitative estimate of drug-likeness (QED) is 0.404. The maximum Gasteiger partial charge on any atom is 0.338 e. The van der Waals surface area contributed by atoms with E-state index in [2.05, 4.69) is 58.0 Å². The summed E-state index contributed by atoms with van der Waals surface area (Å²) in [5, 5.41) is 9.84. The van der Waals surface area contributed by atoms with E-state index in [1.54, 1.807) is 18.2 Å². The standard InChI is InChI=1S/C31H42O3/c1-21(2)10-8-11-22(3)27-16-17-28-29(34-30(33)24-14-9-15-26(32)18-24)19-25(20-31(27,28)4)23-12-6-5-7-13-23/h5-7,9,12-15,18,21-22,25,27-29,32H,8,10-11,16-17,19-20H2,1-4H3/t22-,25+,27-,28+,29+,31-/m1/s1. The van der Waals surface area contributed by atoms with Gasteiger partial charge >= 0.3 is 5.97 Å². The lowest BCUT2D eigenvalue weighted by Crippen LogP contribution is -2.45. The highest BCUT2D eigenvalue weighted by molar-refractivity contribution is 5.90. The first-order valence-corrected chi connectivity index (χ1v) is 13.3. The number of ether oxygens (including phenoxy) is 1. The number of hydrogen-bond acceptors (Lipinski definition) is 3. The van der Waals surface area contributed by atoms with Gasteiger partial charge in [-0.25, -0.2) is 4.79 Å². The molecule has 0 aromatic heterocycles. The lowest BCUT2D eigenvalue weighted by atomic mass is 9.58. The molecule has 0 spiro atoms. The average molecular weight is 463 g/mol. The number of benzene rings is 2. The summed E-state index contributed by atoms with van der Waals surface area (Å²) >= 11 is 0. The van der Waals surface area contributed by atoms with Crippen molar-refractivity contribution < 1.29 is 14.6 Å². The van der Waals surface area contributed by atoms with Crippen molar-refractivity contribution in [1.29, 1.82) is 0 Å². The molecule has 0 amide bonds. The minimum atomic E-state index is -0.314. The van der Waals surface area contributed by atoms with Gasteiger partial charge in [-0.05, 0) is 78.5 Å². The van der Waals surface area contributed by atoms with E-state index in [1.165, 1.54) is 43.7 Å². The predicted octanol–water partition coefficient (Wildman–Crippen LogP) is 7.99. The molecule has 6 atom stereocenters. The molecule has 0 bridgehead atoms. The highest BCUT2D eigenvalue weighted by Gasteiger charge is 2.55. The summed E-state index contributed by atoms with van der Waals surface area (Å²) in [6, 6.07) is 17.3. The predicted molar refractivity (Wildman–Crippen MR) is 138 cm³/mol. The monoisotopic (exact) mass is 462 g/mol. The Bertz CT molecular complexity index is 952. The number of rotatable bonds is 8. The van der Waals surface area contributed by atoms with Crippen molar-refractivity contribution in [3.05, 3.63) is 65.7 Å². The molecular formula is C31H42O3. The van der Waals surface area contributed by atoms with Gasteiger partial charge in [0.1, 0.15) is 11.9 Å². The van der Waals surface area contributed by atoms with Crippen LogP contribution in [0.2, 0.25) is 0 Å². The van der Waals surface area contributed by atoms with Crippen LogP contribution in [0, 0.1) is 29.1 Å². The Balaban J connectivity index is 1.57. The van der Waals surface area contributed by atoms with Gasteiger partial charge in [-0.15, -0.1) is 0 Å². The first-order chi connectivity index (χ1) is 16.3. The number of hydrogen-bond donors (Lipinski definition) is 1. The van der Waals surface area contributed by atoms with Crippen molar-refractivity contribution in [2.24, 2.45) is 29.1 Å². The van der Waals surface area contributed by atoms with Crippen LogP contribution in [0.3, 0.4) is 0 Å². The first kappa shape index (κ1) is 24.8. The van der Waals surface area contributed by atoms with Crippen LogP contribution in [0.1, 0.15) is 94.5 Å². The second-order valence-electron chi connectivity index (χ2n) is 11.6. The number of aromatic hydroxyl groups is 1. The summed E-state index contributed by atoms with van der Waals surface area (Å²) in [7, 11) is 0. The summed E-state index contributed by atoms with van der Waals surface area (Å²) in [4.78, 5) is 13.1. The van der Waals surface area contributed by atoms with Gasteiger partial charge in [0.15, 0.2) is 0 Å². The number of phenols is 1. The number of esters is 1. The highest BCUT2D eigenvalue weighted by Crippen LogP contribution is 2.61. The van der Waals surface area contributed by atoms with E-state index in [0.717, 1.165) is 18.8 Å². The van der Waals surface area contributed by atoms with Crippen molar-refractivity contribution in [3.63, 3.8) is 0 Å². The Kier molecular flexibility index (Phi) is 7.70. The zero-order chi connectivity index (χ0) is 24.3. The lowest BCUT2D eigenvalue weighted by molar-refractivity contribution is -0.0544. The third kappa shape index (κ3) is 5.34. The van der Waals surface area contributed by atoms with Gasteiger partial charge in [0.25, 0.3) is 0 Å². The van der Waals surface area contributed by atoms with Gasteiger partial charge in [0.2, 0.25) is 0 Å². The van der Waals surface area contributed by atoms with Crippen molar-refractivity contribution in [3.8, 4) is 5.75 Å². The number of fused-ring (bicyclic) bond motifs is 1. The van der Waals surface area contributed by atoms with Gasteiger partial charge in [-0.1, -0.05) is 83.4 Å². The Hall–Kier alpha value is -2.29. The Labute approximate surface area is 205 Å². The normalized spacial score (nSPS) is 29.6. The Morgan fingerprint density at radius 1 is 1.06 bits per heavy atom. The smallest absolute Gasteiger partial charge is 0.338 e. The lowest BCUT2D eigenvalue weighted by Gasteiger charge is -2.49. The maximum atomic E-state index is 13.1. The Morgan fingerprint density at radius 2 is 1.82 bits per heavy atom. The molecule has 2 saturated carbocycles. The van der Waals surface area contributed by atoms with Crippen LogP contribution in [-0.4, -0.2) is 17.2 Å². The van der Waals surface area contributed by atoms with Gasteiger partial charge in [0.05, 0.1) is 5.56 Å². The number of carbonyl (C=O) groups excluding carboxylic acids is 1.